The normalized spacial score (nSPS) is 35.3. The second kappa shape index (κ2) is 4.24. The van der Waals surface area contributed by atoms with Gasteiger partial charge in [-0.3, -0.25) is 0 Å². The van der Waals surface area contributed by atoms with Crippen LogP contribution in [-0.2, 0) is 9.47 Å². The van der Waals surface area contributed by atoms with E-state index in [2.05, 4.69) is 41.5 Å². The minimum atomic E-state index is -0.0592. The Balaban J connectivity index is 3.08. The van der Waals surface area contributed by atoms with E-state index in [1.54, 1.807) is 0 Å². The zero-order valence-electron chi connectivity index (χ0n) is 12.9. The molecule has 1 rings (SSSR count). The molecule has 102 valence electrons. The van der Waals surface area contributed by atoms with Crippen molar-refractivity contribution in [2.75, 3.05) is 14.2 Å². The largest absolute Gasteiger partial charge is 0.378 e. The number of hydrogen-bond acceptors (Lipinski definition) is 2. The summed E-state index contributed by atoms with van der Waals surface area (Å²) >= 11 is 0. The second-order valence-electron chi connectivity index (χ2n) is 7.57. The van der Waals surface area contributed by atoms with E-state index in [0.717, 1.165) is 19.3 Å². The third-order valence-corrected chi connectivity index (χ3v) is 5.02. The van der Waals surface area contributed by atoms with Gasteiger partial charge in [-0.25, -0.2) is 0 Å². The molecule has 2 nitrogen and oxygen atoms in total. The number of ether oxygens (including phenoxy) is 2. The Hall–Kier alpha value is -0.0800. The van der Waals surface area contributed by atoms with E-state index >= 15 is 0 Å². The van der Waals surface area contributed by atoms with E-state index in [1.807, 2.05) is 14.2 Å². The second-order valence-corrected chi connectivity index (χ2v) is 7.57. The lowest BCUT2D eigenvalue weighted by Crippen LogP contribution is -2.49. The molecule has 0 bridgehead atoms. The van der Waals surface area contributed by atoms with Crippen LogP contribution in [0.15, 0.2) is 0 Å². The lowest BCUT2D eigenvalue weighted by Gasteiger charge is -2.46. The van der Waals surface area contributed by atoms with Crippen molar-refractivity contribution in [3.05, 3.63) is 0 Å². The fraction of sp³-hybridized carbons (Fsp3) is 1.00. The van der Waals surface area contributed by atoms with E-state index < -0.39 is 0 Å². The summed E-state index contributed by atoms with van der Waals surface area (Å²) in [5, 5.41) is 0. The van der Waals surface area contributed by atoms with E-state index in [4.69, 9.17) is 9.47 Å². The molecule has 0 radical (unpaired) electrons. The Bertz CT molecular complexity index is 244. The number of hydrogen-bond donors (Lipinski definition) is 0. The quantitative estimate of drug-likeness (QED) is 0.728. The highest BCUT2D eigenvalue weighted by Crippen LogP contribution is 2.56. The highest BCUT2D eigenvalue weighted by Gasteiger charge is 2.58. The summed E-state index contributed by atoms with van der Waals surface area (Å²) in [6.45, 7) is 13.6. The molecular weight excluding hydrogens is 212 g/mol. The first-order chi connectivity index (χ1) is 7.54. The van der Waals surface area contributed by atoms with Crippen LogP contribution in [0.25, 0.3) is 0 Å². The molecule has 0 amide bonds. The zero-order chi connectivity index (χ0) is 13.5. The van der Waals surface area contributed by atoms with Gasteiger partial charge in [-0.2, -0.15) is 0 Å². The topological polar surface area (TPSA) is 18.5 Å². The lowest BCUT2D eigenvalue weighted by atomic mass is 9.70. The van der Waals surface area contributed by atoms with Crippen molar-refractivity contribution in [1.29, 1.82) is 0 Å². The molecule has 0 spiro atoms. The lowest BCUT2D eigenvalue weighted by molar-refractivity contribution is -0.137. The zero-order valence-corrected chi connectivity index (χ0v) is 12.9. The maximum Gasteiger partial charge on any atom is 0.0755 e. The van der Waals surface area contributed by atoms with Crippen molar-refractivity contribution in [2.24, 2.45) is 10.8 Å². The van der Waals surface area contributed by atoms with Gasteiger partial charge in [0.2, 0.25) is 0 Å². The molecule has 0 aromatic carbocycles. The van der Waals surface area contributed by atoms with E-state index in [1.165, 1.54) is 0 Å². The van der Waals surface area contributed by atoms with Gasteiger partial charge >= 0.3 is 0 Å². The Labute approximate surface area is 107 Å². The molecule has 17 heavy (non-hydrogen) atoms. The van der Waals surface area contributed by atoms with Crippen LogP contribution in [0.2, 0.25) is 0 Å². The highest BCUT2D eigenvalue weighted by atomic mass is 16.5. The minimum Gasteiger partial charge on any atom is -0.378 e. The Morgan fingerprint density at radius 3 is 1.12 bits per heavy atom. The standard InChI is InChI=1S/C15H30O2/c1-12(2,3)14(16-7)9-10-15(11-14,17-8)13(4,5)6/h9-11H2,1-8H3. The van der Waals surface area contributed by atoms with Crippen LogP contribution in [0.5, 0.6) is 0 Å². The Kier molecular flexibility index (Phi) is 3.73. The average Bonchev–Trinajstić information content (AvgIpc) is 2.57. The Morgan fingerprint density at radius 1 is 0.706 bits per heavy atom. The van der Waals surface area contributed by atoms with Crippen LogP contribution in [0, 0.1) is 10.8 Å². The van der Waals surface area contributed by atoms with Crippen molar-refractivity contribution >= 4 is 0 Å². The molecule has 0 aromatic rings. The summed E-state index contributed by atoms with van der Waals surface area (Å²) in [6.07, 6.45) is 3.15. The highest BCUT2D eigenvalue weighted by molar-refractivity contribution is 5.10. The SMILES string of the molecule is COC1(C(C)(C)C)CCC(OC)(C(C)(C)C)C1. The van der Waals surface area contributed by atoms with Crippen LogP contribution in [0.4, 0.5) is 0 Å². The first-order valence-corrected chi connectivity index (χ1v) is 6.64. The third-order valence-electron chi connectivity index (χ3n) is 5.02. The fourth-order valence-corrected chi connectivity index (χ4v) is 3.28. The molecule has 2 heteroatoms. The molecule has 2 unspecified atom stereocenters. The van der Waals surface area contributed by atoms with Crippen LogP contribution in [0.3, 0.4) is 0 Å². The van der Waals surface area contributed by atoms with Gasteiger partial charge < -0.3 is 9.47 Å². The van der Waals surface area contributed by atoms with Crippen molar-refractivity contribution in [3.8, 4) is 0 Å². The van der Waals surface area contributed by atoms with Crippen LogP contribution in [-0.4, -0.2) is 25.4 Å². The van der Waals surface area contributed by atoms with Gasteiger partial charge in [-0.05, 0) is 23.7 Å². The summed E-state index contributed by atoms with van der Waals surface area (Å²) in [5.41, 5.74) is 0.174. The van der Waals surface area contributed by atoms with Crippen LogP contribution >= 0.6 is 0 Å². The van der Waals surface area contributed by atoms with Crippen LogP contribution in [0.1, 0.15) is 60.8 Å². The molecule has 1 saturated carbocycles. The summed E-state index contributed by atoms with van der Waals surface area (Å²) in [4.78, 5) is 0. The molecule has 1 fully saturated rings. The molecule has 2 atom stereocenters. The molecule has 1 aliphatic carbocycles. The van der Waals surface area contributed by atoms with Gasteiger partial charge in [0.15, 0.2) is 0 Å². The molecule has 0 N–H and O–H groups in total. The summed E-state index contributed by atoms with van der Waals surface area (Å²) in [7, 11) is 3.69. The van der Waals surface area contributed by atoms with Crippen molar-refractivity contribution in [3.63, 3.8) is 0 Å². The smallest absolute Gasteiger partial charge is 0.0755 e. The van der Waals surface area contributed by atoms with E-state index in [-0.39, 0.29) is 22.0 Å². The molecule has 0 aromatic heterocycles. The monoisotopic (exact) mass is 242 g/mol. The van der Waals surface area contributed by atoms with E-state index in [9.17, 15) is 0 Å². The van der Waals surface area contributed by atoms with Gasteiger partial charge in [-0.15, -0.1) is 0 Å². The Morgan fingerprint density at radius 2 is 1.00 bits per heavy atom. The molecular formula is C15H30O2. The maximum atomic E-state index is 5.94. The fourth-order valence-electron chi connectivity index (χ4n) is 3.28. The number of methoxy groups -OCH3 is 2. The molecule has 0 heterocycles. The van der Waals surface area contributed by atoms with Gasteiger partial charge in [0, 0.05) is 20.6 Å². The van der Waals surface area contributed by atoms with Gasteiger partial charge in [0.1, 0.15) is 0 Å². The summed E-state index contributed by atoms with van der Waals surface area (Å²) in [5.74, 6) is 0. The van der Waals surface area contributed by atoms with Gasteiger partial charge in [0.05, 0.1) is 11.2 Å². The summed E-state index contributed by atoms with van der Waals surface area (Å²) < 4.78 is 11.9. The first-order valence-electron chi connectivity index (χ1n) is 6.64. The summed E-state index contributed by atoms with van der Waals surface area (Å²) in [6, 6.07) is 0. The predicted molar refractivity (Wildman–Crippen MR) is 72.2 cm³/mol. The minimum absolute atomic E-state index is 0.0592. The third kappa shape index (κ3) is 2.26. The number of rotatable bonds is 2. The predicted octanol–water partition coefficient (Wildman–Crippen LogP) is 4.03. The molecule has 0 saturated heterocycles. The van der Waals surface area contributed by atoms with Gasteiger partial charge in [0.25, 0.3) is 0 Å². The van der Waals surface area contributed by atoms with Gasteiger partial charge in [-0.1, -0.05) is 41.5 Å². The van der Waals surface area contributed by atoms with Crippen molar-refractivity contribution in [1.82, 2.24) is 0 Å². The molecule has 0 aliphatic heterocycles. The van der Waals surface area contributed by atoms with E-state index in [0.29, 0.717) is 0 Å². The van der Waals surface area contributed by atoms with Crippen molar-refractivity contribution < 1.29 is 9.47 Å². The molecule has 1 aliphatic rings. The van der Waals surface area contributed by atoms with Crippen LogP contribution < -0.4 is 0 Å². The van der Waals surface area contributed by atoms with Crippen molar-refractivity contribution in [2.45, 2.75) is 72.0 Å². The first kappa shape index (κ1) is 15.0. The average molecular weight is 242 g/mol. The maximum absolute atomic E-state index is 5.94.